The zero-order valence-corrected chi connectivity index (χ0v) is 26.4. The number of hydrogen-bond donors (Lipinski definition) is 0. The van der Waals surface area contributed by atoms with Crippen LogP contribution in [0, 0.1) is 0 Å². The Balaban J connectivity index is 1.33. The Morgan fingerprint density at radius 2 is 1.09 bits per heavy atom. The molecular formula is C42H36Si. The van der Waals surface area contributed by atoms with Crippen LogP contribution in [0.1, 0.15) is 41.6 Å². The maximum atomic E-state index is 2.64. The lowest BCUT2D eigenvalue weighted by Gasteiger charge is -2.36. The van der Waals surface area contributed by atoms with Gasteiger partial charge in [-0.25, -0.2) is 0 Å². The van der Waals surface area contributed by atoms with Gasteiger partial charge in [-0.3, -0.25) is 0 Å². The molecule has 1 atom stereocenters. The van der Waals surface area contributed by atoms with Gasteiger partial charge in [0.1, 0.15) is 0 Å². The minimum atomic E-state index is -2.12. The van der Waals surface area contributed by atoms with Gasteiger partial charge in [-0.1, -0.05) is 157 Å². The molecule has 2 aliphatic rings. The molecule has 2 aliphatic carbocycles. The number of fused-ring (bicyclic) bond motifs is 4. The van der Waals surface area contributed by atoms with Gasteiger partial charge in [-0.05, 0) is 86.3 Å². The summed E-state index contributed by atoms with van der Waals surface area (Å²) in [6, 6.07) is 45.2. The first-order chi connectivity index (χ1) is 20.9. The van der Waals surface area contributed by atoms with E-state index in [4.69, 9.17) is 0 Å². The summed E-state index contributed by atoms with van der Waals surface area (Å²) in [6.45, 7) is 10.1. The number of rotatable bonds is 4. The van der Waals surface area contributed by atoms with E-state index in [2.05, 4.69) is 154 Å². The van der Waals surface area contributed by atoms with Crippen LogP contribution in [-0.2, 0) is 6.42 Å². The molecule has 208 valence electrons. The monoisotopic (exact) mass is 568 g/mol. The molecule has 1 heteroatoms. The lowest BCUT2D eigenvalue weighted by atomic mass is 9.92. The van der Waals surface area contributed by atoms with E-state index in [0.29, 0.717) is 5.54 Å². The fourth-order valence-electron chi connectivity index (χ4n) is 8.54. The summed E-state index contributed by atoms with van der Waals surface area (Å²) in [4.78, 5) is 0. The van der Waals surface area contributed by atoms with Crippen LogP contribution in [0.2, 0.25) is 13.1 Å². The highest BCUT2D eigenvalue weighted by atomic mass is 28.3. The van der Waals surface area contributed by atoms with Crippen molar-refractivity contribution in [3.05, 3.63) is 155 Å². The smallest absolute Gasteiger partial charge is 0.0690 e. The zero-order valence-electron chi connectivity index (χ0n) is 25.4. The largest absolute Gasteiger partial charge is 0.0931 e. The molecular weight excluding hydrogens is 533 g/mol. The minimum absolute atomic E-state index is 0.411. The third kappa shape index (κ3) is 3.95. The summed E-state index contributed by atoms with van der Waals surface area (Å²) in [5.74, 6) is 0. The predicted molar refractivity (Wildman–Crippen MR) is 189 cm³/mol. The topological polar surface area (TPSA) is 0 Å². The predicted octanol–water partition coefficient (Wildman–Crippen LogP) is 11.6. The summed E-state index contributed by atoms with van der Waals surface area (Å²) in [7, 11) is -2.12. The third-order valence-corrected chi connectivity index (χ3v) is 14.2. The Hall–Kier alpha value is -4.46. The van der Waals surface area contributed by atoms with Crippen molar-refractivity contribution >= 4 is 40.9 Å². The quantitative estimate of drug-likeness (QED) is 0.186. The van der Waals surface area contributed by atoms with Crippen LogP contribution in [0.15, 0.2) is 132 Å². The fraction of sp³-hybridized carbons (Fsp3) is 0.143. The second-order valence-electron chi connectivity index (χ2n) is 13.1. The average molecular weight is 569 g/mol. The number of allylic oxidation sites excluding steroid dienone is 2. The van der Waals surface area contributed by atoms with Crippen LogP contribution in [-0.4, -0.2) is 8.07 Å². The highest BCUT2D eigenvalue weighted by molar-refractivity contribution is 6.96. The molecule has 1 unspecified atom stereocenters. The lowest BCUT2D eigenvalue weighted by molar-refractivity contribution is 1.09. The average Bonchev–Trinajstić information content (AvgIpc) is 3.56. The molecule has 0 saturated carbocycles. The van der Waals surface area contributed by atoms with Crippen LogP contribution in [0.25, 0.3) is 55.1 Å². The maximum absolute atomic E-state index is 2.64. The van der Waals surface area contributed by atoms with E-state index in [-0.39, 0.29) is 0 Å². The Bertz CT molecular complexity index is 2150. The lowest BCUT2D eigenvalue weighted by Crippen LogP contribution is -2.37. The molecule has 0 aromatic heterocycles. The first-order valence-electron chi connectivity index (χ1n) is 15.5. The summed E-state index contributed by atoms with van der Waals surface area (Å²) in [5, 5.41) is 6.93. The molecule has 0 N–H and O–H groups in total. The SMILES string of the molecule is CC1=Cc2cccc(-c3cccc4ccccc34)c2C1[Si](C)(C)C1=C(C)Cc2cccc(-c3cccc4ccccc34)c21. The molecule has 0 amide bonds. The summed E-state index contributed by atoms with van der Waals surface area (Å²) < 4.78 is 0. The normalized spacial score (nSPS) is 16.1. The van der Waals surface area contributed by atoms with Gasteiger partial charge in [-0.2, -0.15) is 0 Å². The van der Waals surface area contributed by atoms with E-state index in [1.165, 1.54) is 71.6 Å². The first-order valence-corrected chi connectivity index (χ1v) is 18.6. The van der Waals surface area contributed by atoms with Crippen molar-refractivity contribution in [1.82, 2.24) is 0 Å². The summed E-state index contributed by atoms with van der Waals surface area (Å²) >= 11 is 0. The standard InChI is InChI=1S/C42H36Si/c1-27-25-31-17-11-23-37(35-21-9-15-29-13-5-7-19-33(29)35)39(31)41(27)43(3,4)42-28(2)26-32-18-12-24-38(40(32)42)36-22-10-16-30-14-6-8-20-34(30)36/h5-25,41H,26H2,1-4H3. The zero-order chi connectivity index (χ0) is 29.3. The van der Waals surface area contributed by atoms with Gasteiger partial charge >= 0.3 is 0 Å². The maximum Gasteiger partial charge on any atom is 0.0931 e. The molecule has 0 fully saturated rings. The van der Waals surface area contributed by atoms with Crippen LogP contribution in [0.4, 0.5) is 0 Å². The van der Waals surface area contributed by atoms with Crippen molar-refractivity contribution in [2.75, 3.05) is 0 Å². The summed E-state index contributed by atoms with van der Waals surface area (Å²) in [6.07, 6.45) is 3.53. The van der Waals surface area contributed by atoms with Crippen LogP contribution in [0.3, 0.4) is 0 Å². The Kier molecular flexibility index (Phi) is 5.96. The van der Waals surface area contributed by atoms with E-state index in [0.717, 1.165) is 6.42 Å². The second kappa shape index (κ2) is 9.79. The molecule has 8 rings (SSSR count). The van der Waals surface area contributed by atoms with Crippen LogP contribution in [0.5, 0.6) is 0 Å². The van der Waals surface area contributed by atoms with E-state index in [9.17, 15) is 0 Å². The van der Waals surface area contributed by atoms with Gasteiger partial charge in [0.25, 0.3) is 0 Å². The van der Waals surface area contributed by atoms with Crippen molar-refractivity contribution < 1.29 is 0 Å². The van der Waals surface area contributed by atoms with Crippen LogP contribution < -0.4 is 0 Å². The van der Waals surface area contributed by atoms with Crippen molar-refractivity contribution in [2.24, 2.45) is 0 Å². The van der Waals surface area contributed by atoms with E-state index < -0.39 is 8.07 Å². The van der Waals surface area contributed by atoms with Gasteiger partial charge in [0.05, 0.1) is 8.07 Å². The molecule has 0 heterocycles. The second-order valence-corrected chi connectivity index (χ2v) is 17.6. The molecule has 0 saturated heterocycles. The number of benzene rings is 6. The van der Waals surface area contributed by atoms with Gasteiger partial charge in [0.2, 0.25) is 0 Å². The first kappa shape index (κ1) is 26.2. The molecule has 43 heavy (non-hydrogen) atoms. The van der Waals surface area contributed by atoms with E-state index in [1.54, 1.807) is 10.8 Å². The molecule has 6 aromatic carbocycles. The molecule has 6 aromatic rings. The van der Waals surface area contributed by atoms with E-state index >= 15 is 0 Å². The molecule has 0 radical (unpaired) electrons. The molecule has 0 nitrogen and oxygen atoms in total. The number of hydrogen-bond acceptors (Lipinski definition) is 0. The van der Waals surface area contributed by atoms with Gasteiger partial charge in [0.15, 0.2) is 0 Å². The Morgan fingerprint density at radius 3 is 1.79 bits per heavy atom. The third-order valence-electron chi connectivity index (χ3n) is 10.1. The van der Waals surface area contributed by atoms with E-state index in [1.807, 2.05) is 0 Å². The van der Waals surface area contributed by atoms with Gasteiger partial charge in [-0.15, -0.1) is 0 Å². The van der Waals surface area contributed by atoms with Crippen molar-refractivity contribution in [1.29, 1.82) is 0 Å². The highest BCUT2D eigenvalue weighted by Crippen LogP contribution is 2.54. The molecule has 0 spiro atoms. The Labute approximate surface area is 256 Å². The van der Waals surface area contributed by atoms with Gasteiger partial charge < -0.3 is 0 Å². The van der Waals surface area contributed by atoms with Crippen molar-refractivity contribution in [3.63, 3.8) is 0 Å². The van der Waals surface area contributed by atoms with Crippen LogP contribution >= 0.6 is 0 Å². The fourth-order valence-corrected chi connectivity index (χ4v) is 13.2. The van der Waals surface area contributed by atoms with Crippen molar-refractivity contribution in [3.8, 4) is 22.3 Å². The highest BCUT2D eigenvalue weighted by Gasteiger charge is 2.45. The van der Waals surface area contributed by atoms with Gasteiger partial charge in [0, 0.05) is 5.54 Å². The molecule has 0 aliphatic heterocycles. The Morgan fingerprint density at radius 1 is 0.558 bits per heavy atom. The summed E-state index contributed by atoms with van der Waals surface area (Å²) in [5.41, 5.74) is 14.9. The molecule has 0 bridgehead atoms. The van der Waals surface area contributed by atoms with Crippen molar-refractivity contribution in [2.45, 2.75) is 38.9 Å². The minimum Gasteiger partial charge on any atom is -0.0690 e.